The summed E-state index contributed by atoms with van der Waals surface area (Å²) in [7, 11) is 0. The molecule has 0 N–H and O–H groups in total. The molecule has 2 aromatic carbocycles. The molecule has 2 aliphatic carbocycles. The van der Waals surface area contributed by atoms with Crippen LogP contribution < -0.4 is 9.64 Å². The van der Waals surface area contributed by atoms with E-state index >= 15 is 0 Å². The molecule has 0 radical (unpaired) electrons. The van der Waals surface area contributed by atoms with Gasteiger partial charge in [-0.05, 0) is 55.5 Å². The van der Waals surface area contributed by atoms with E-state index in [1.165, 1.54) is 0 Å². The fraction of sp³-hybridized carbons (Fsp3) is 0.462. The van der Waals surface area contributed by atoms with Crippen molar-refractivity contribution in [2.45, 2.75) is 31.7 Å². The lowest BCUT2D eigenvalue weighted by molar-refractivity contribution is -0.145. The van der Waals surface area contributed by atoms with E-state index in [2.05, 4.69) is 4.90 Å². The maximum Gasteiger partial charge on any atom is 0.309 e. The Morgan fingerprint density at radius 2 is 1.65 bits per heavy atom. The summed E-state index contributed by atoms with van der Waals surface area (Å²) in [6.45, 7) is 2.47. The number of carbonyl (C=O) groups is 2. The molecule has 1 amide bonds. The molecule has 6 nitrogen and oxygen atoms in total. The Balaban J connectivity index is 1.28. The molecule has 1 aliphatic heterocycles. The van der Waals surface area contributed by atoms with Gasteiger partial charge < -0.3 is 19.3 Å². The first-order valence-corrected chi connectivity index (χ1v) is 12.6. The number of rotatable bonds is 8. The minimum Gasteiger partial charge on any atom is -0.490 e. The molecule has 2 saturated carbocycles. The monoisotopic (exact) mass is 502 g/mol. The minimum atomic E-state index is -0.135. The van der Waals surface area contributed by atoms with Crippen molar-refractivity contribution >= 4 is 40.8 Å². The highest BCUT2D eigenvalue weighted by atomic mass is 35.5. The molecule has 3 aliphatic rings. The number of halogens is 2. The standard InChI is InChI=1S/C26H28Cl2N2O4/c27-20-7-5-17(6-8-20)24-16-29(25(31)18-1-2-18)11-12-30(24)23-10-9-21(15-22(23)28)33-13-14-34-26(32)19-3-4-19/h5-10,15,18-19,24H,1-4,11-14,16H2/t24-/m0/s1. The number of hydrogen-bond acceptors (Lipinski definition) is 5. The molecule has 2 aromatic rings. The van der Waals surface area contributed by atoms with Crippen LogP contribution in [0.25, 0.3) is 0 Å². The van der Waals surface area contributed by atoms with Gasteiger partial charge in [0.15, 0.2) is 0 Å². The van der Waals surface area contributed by atoms with Crippen LogP contribution in [0.3, 0.4) is 0 Å². The summed E-state index contributed by atoms with van der Waals surface area (Å²) < 4.78 is 11.0. The zero-order chi connectivity index (χ0) is 23.7. The van der Waals surface area contributed by atoms with Crippen molar-refractivity contribution in [1.82, 2.24) is 4.90 Å². The summed E-state index contributed by atoms with van der Waals surface area (Å²) in [5.41, 5.74) is 1.99. The number of nitrogens with zero attached hydrogens (tertiary/aromatic N) is 2. The van der Waals surface area contributed by atoms with Gasteiger partial charge in [-0.25, -0.2) is 0 Å². The van der Waals surface area contributed by atoms with Crippen LogP contribution in [0.5, 0.6) is 5.75 Å². The van der Waals surface area contributed by atoms with Crippen LogP contribution in [-0.4, -0.2) is 49.6 Å². The Kier molecular flexibility index (Phi) is 6.89. The van der Waals surface area contributed by atoms with Gasteiger partial charge in [0.2, 0.25) is 5.91 Å². The number of esters is 1. The molecule has 3 fully saturated rings. The summed E-state index contributed by atoms with van der Waals surface area (Å²) >= 11 is 12.8. The topological polar surface area (TPSA) is 59.1 Å². The van der Waals surface area contributed by atoms with Crippen molar-refractivity contribution < 1.29 is 19.1 Å². The maximum atomic E-state index is 12.8. The molecular formula is C26H28Cl2N2O4. The summed E-state index contributed by atoms with van der Waals surface area (Å²) in [5, 5.41) is 1.26. The van der Waals surface area contributed by atoms with Gasteiger partial charge in [-0.3, -0.25) is 9.59 Å². The van der Waals surface area contributed by atoms with E-state index in [4.69, 9.17) is 32.7 Å². The van der Waals surface area contributed by atoms with E-state index in [1.54, 1.807) is 6.07 Å². The predicted molar refractivity (Wildman–Crippen MR) is 131 cm³/mol. The summed E-state index contributed by atoms with van der Waals surface area (Å²) in [4.78, 5) is 28.6. The number of ether oxygens (including phenoxy) is 2. The second kappa shape index (κ2) is 10.0. The van der Waals surface area contributed by atoms with Crippen LogP contribution >= 0.6 is 23.2 Å². The van der Waals surface area contributed by atoms with Crippen molar-refractivity contribution in [1.29, 1.82) is 0 Å². The largest absolute Gasteiger partial charge is 0.490 e. The Labute approximate surface area is 209 Å². The Morgan fingerprint density at radius 3 is 2.32 bits per heavy atom. The Morgan fingerprint density at radius 1 is 0.912 bits per heavy atom. The van der Waals surface area contributed by atoms with Crippen molar-refractivity contribution in [2.24, 2.45) is 11.8 Å². The number of hydrogen-bond donors (Lipinski definition) is 0. The van der Waals surface area contributed by atoms with Crippen LogP contribution in [0.1, 0.15) is 37.3 Å². The average Bonchev–Trinajstić information content (AvgIpc) is 3.75. The van der Waals surface area contributed by atoms with Crippen LogP contribution in [0, 0.1) is 11.8 Å². The molecule has 1 atom stereocenters. The first-order chi connectivity index (χ1) is 16.5. The first-order valence-electron chi connectivity index (χ1n) is 11.9. The highest BCUT2D eigenvalue weighted by Gasteiger charge is 2.38. The zero-order valence-corrected chi connectivity index (χ0v) is 20.4. The third-order valence-corrected chi connectivity index (χ3v) is 7.16. The predicted octanol–water partition coefficient (Wildman–Crippen LogP) is 5.13. The van der Waals surface area contributed by atoms with E-state index in [0.717, 1.165) is 36.9 Å². The fourth-order valence-corrected chi connectivity index (χ4v) is 4.78. The number of carbonyl (C=O) groups excluding carboxylic acids is 2. The summed E-state index contributed by atoms with van der Waals surface area (Å²) in [6.07, 6.45) is 3.85. The molecule has 0 aromatic heterocycles. The Hall–Kier alpha value is -2.44. The molecule has 0 unspecified atom stereocenters. The molecule has 0 bridgehead atoms. The smallest absolute Gasteiger partial charge is 0.309 e. The van der Waals surface area contributed by atoms with Crippen molar-refractivity contribution in [3.8, 4) is 5.75 Å². The fourth-order valence-electron chi connectivity index (χ4n) is 4.38. The molecule has 1 heterocycles. The van der Waals surface area contributed by atoms with Crippen molar-refractivity contribution in [2.75, 3.05) is 37.7 Å². The van der Waals surface area contributed by atoms with Crippen molar-refractivity contribution in [3.63, 3.8) is 0 Å². The molecule has 5 rings (SSSR count). The van der Waals surface area contributed by atoms with Crippen LogP contribution in [0.4, 0.5) is 5.69 Å². The zero-order valence-electron chi connectivity index (χ0n) is 18.9. The number of amides is 1. The van der Waals surface area contributed by atoms with E-state index in [-0.39, 0.29) is 43.0 Å². The number of piperazine rings is 1. The Bertz CT molecular complexity index is 1050. The van der Waals surface area contributed by atoms with E-state index < -0.39 is 0 Å². The highest BCUT2D eigenvalue weighted by molar-refractivity contribution is 6.33. The third-order valence-electron chi connectivity index (χ3n) is 6.61. The molecular weight excluding hydrogens is 475 g/mol. The second-order valence-corrected chi connectivity index (χ2v) is 10.1. The van der Waals surface area contributed by atoms with Gasteiger partial charge in [0.25, 0.3) is 0 Å². The van der Waals surface area contributed by atoms with Gasteiger partial charge in [0.1, 0.15) is 19.0 Å². The maximum absolute atomic E-state index is 12.8. The number of benzene rings is 2. The normalized spacial score (nSPS) is 20.2. The minimum absolute atomic E-state index is 0.0279. The van der Waals surface area contributed by atoms with Crippen LogP contribution in [0.2, 0.25) is 10.0 Å². The van der Waals surface area contributed by atoms with Gasteiger partial charge >= 0.3 is 5.97 Å². The summed E-state index contributed by atoms with van der Waals surface area (Å²) in [5.74, 6) is 1.03. The van der Waals surface area contributed by atoms with E-state index in [1.807, 2.05) is 41.3 Å². The summed E-state index contributed by atoms with van der Waals surface area (Å²) in [6, 6.07) is 13.4. The number of anilines is 1. The molecule has 180 valence electrons. The van der Waals surface area contributed by atoms with E-state index in [9.17, 15) is 9.59 Å². The van der Waals surface area contributed by atoms with Gasteiger partial charge in [0, 0.05) is 36.6 Å². The van der Waals surface area contributed by atoms with Gasteiger partial charge in [-0.15, -0.1) is 0 Å². The van der Waals surface area contributed by atoms with Crippen LogP contribution in [0.15, 0.2) is 42.5 Å². The molecule has 8 heteroatoms. The van der Waals surface area contributed by atoms with E-state index in [0.29, 0.717) is 35.4 Å². The van der Waals surface area contributed by atoms with Crippen LogP contribution in [-0.2, 0) is 14.3 Å². The lowest BCUT2D eigenvalue weighted by Gasteiger charge is -2.43. The van der Waals surface area contributed by atoms with Gasteiger partial charge in [-0.1, -0.05) is 35.3 Å². The lowest BCUT2D eigenvalue weighted by Crippen LogP contribution is -2.51. The molecule has 0 spiro atoms. The third kappa shape index (κ3) is 5.44. The molecule has 34 heavy (non-hydrogen) atoms. The lowest BCUT2D eigenvalue weighted by atomic mass is 10.0. The quantitative estimate of drug-likeness (QED) is 0.370. The second-order valence-electron chi connectivity index (χ2n) is 9.22. The SMILES string of the molecule is O=C(OCCOc1ccc(N2CCN(C(=O)C3CC3)C[C@H]2c2ccc(Cl)cc2)c(Cl)c1)C1CC1. The van der Waals surface area contributed by atoms with Gasteiger partial charge in [0.05, 0.1) is 22.7 Å². The molecule has 1 saturated heterocycles. The van der Waals surface area contributed by atoms with Crippen molar-refractivity contribution in [3.05, 3.63) is 58.1 Å². The average molecular weight is 503 g/mol. The first kappa shape index (κ1) is 23.3. The highest BCUT2D eigenvalue weighted by Crippen LogP contribution is 2.39. The van der Waals surface area contributed by atoms with Gasteiger partial charge in [-0.2, -0.15) is 0 Å².